The van der Waals surface area contributed by atoms with E-state index in [0.717, 1.165) is 4.57 Å². The Bertz CT molecular complexity index is 363. The summed E-state index contributed by atoms with van der Waals surface area (Å²) in [6.07, 6.45) is 2.78. The SMILES string of the molecule is O=[C]Cn1ccc(=O)[nH]c1=O. The molecule has 1 aromatic rings. The number of nitrogens with one attached hydrogen (secondary N) is 1. The van der Waals surface area contributed by atoms with Crippen LogP contribution in [0.15, 0.2) is 21.9 Å². The minimum Gasteiger partial charge on any atom is -0.293 e. The predicted octanol–water partition coefficient (Wildman–Crippen LogP) is -1.35. The fraction of sp³-hybridized carbons (Fsp3) is 0.167. The Morgan fingerprint density at radius 1 is 1.55 bits per heavy atom. The van der Waals surface area contributed by atoms with Gasteiger partial charge in [0.1, 0.15) is 0 Å². The number of rotatable bonds is 2. The third kappa shape index (κ3) is 1.64. The molecule has 0 atom stereocenters. The second kappa shape index (κ2) is 2.96. The van der Waals surface area contributed by atoms with E-state index in [2.05, 4.69) is 0 Å². The molecule has 0 aliphatic carbocycles. The number of carbonyl (C=O) groups excluding carboxylic acids is 1. The smallest absolute Gasteiger partial charge is 0.293 e. The molecule has 11 heavy (non-hydrogen) atoms. The molecule has 1 radical (unpaired) electrons. The highest BCUT2D eigenvalue weighted by Crippen LogP contribution is 1.70. The average molecular weight is 153 g/mol. The summed E-state index contributed by atoms with van der Waals surface area (Å²) in [5.41, 5.74) is -1.07. The van der Waals surface area contributed by atoms with Crippen molar-refractivity contribution in [1.29, 1.82) is 0 Å². The maximum absolute atomic E-state index is 10.8. The Kier molecular flexibility index (Phi) is 2.00. The summed E-state index contributed by atoms with van der Waals surface area (Å²) in [6.45, 7) is -0.157. The zero-order valence-electron chi connectivity index (χ0n) is 5.53. The number of nitrogens with zero attached hydrogens (tertiary/aromatic N) is 1. The van der Waals surface area contributed by atoms with Crippen molar-refractivity contribution in [2.24, 2.45) is 0 Å². The standard InChI is InChI=1S/C6H5N2O3/c9-4-3-8-2-1-5(10)7-6(8)11/h1-2H,3H2,(H,7,10,11). The molecule has 1 aromatic heterocycles. The van der Waals surface area contributed by atoms with Gasteiger partial charge in [-0.2, -0.15) is 0 Å². The zero-order valence-corrected chi connectivity index (χ0v) is 5.53. The minimum absolute atomic E-state index is 0.157. The summed E-state index contributed by atoms with van der Waals surface area (Å²) in [5, 5.41) is 0. The number of aromatic nitrogens is 2. The highest BCUT2D eigenvalue weighted by Gasteiger charge is 1.93. The lowest BCUT2D eigenvalue weighted by Crippen LogP contribution is -2.28. The zero-order chi connectivity index (χ0) is 8.27. The first-order valence-electron chi connectivity index (χ1n) is 2.89. The molecule has 0 aromatic carbocycles. The average Bonchev–Trinajstić information content (AvgIpc) is 1.95. The summed E-state index contributed by atoms with van der Waals surface area (Å²) in [6, 6.07) is 1.17. The van der Waals surface area contributed by atoms with Gasteiger partial charge in [-0.3, -0.25) is 19.1 Å². The highest BCUT2D eigenvalue weighted by atomic mass is 16.2. The summed E-state index contributed by atoms with van der Waals surface area (Å²) in [7, 11) is 0. The molecule has 1 heterocycles. The third-order valence-corrected chi connectivity index (χ3v) is 1.13. The van der Waals surface area contributed by atoms with Crippen molar-refractivity contribution in [2.45, 2.75) is 6.54 Å². The maximum Gasteiger partial charge on any atom is 0.328 e. The molecule has 0 bridgehead atoms. The molecular formula is C6H5N2O3. The Morgan fingerprint density at radius 2 is 2.27 bits per heavy atom. The lowest BCUT2D eigenvalue weighted by atomic mass is 10.6. The van der Waals surface area contributed by atoms with Gasteiger partial charge in [0, 0.05) is 12.3 Å². The van der Waals surface area contributed by atoms with Crippen LogP contribution in [-0.4, -0.2) is 15.8 Å². The van der Waals surface area contributed by atoms with Gasteiger partial charge < -0.3 is 0 Å². The monoisotopic (exact) mass is 153 g/mol. The van der Waals surface area contributed by atoms with Crippen LogP contribution < -0.4 is 11.2 Å². The van der Waals surface area contributed by atoms with Crippen molar-refractivity contribution in [3.8, 4) is 0 Å². The van der Waals surface area contributed by atoms with Crippen molar-refractivity contribution in [1.82, 2.24) is 9.55 Å². The van der Waals surface area contributed by atoms with Crippen LogP contribution in [-0.2, 0) is 11.3 Å². The molecule has 57 valence electrons. The molecular weight excluding hydrogens is 148 g/mol. The van der Waals surface area contributed by atoms with Crippen LogP contribution in [0.25, 0.3) is 0 Å². The van der Waals surface area contributed by atoms with Gasteiger partial charge in [-0.1, -0.05) is 0 Å². The highest BCUT2D eigenvalue weighted by molar-refractivity contribution is 5.49. The molecule has 1 rings (SSSR count). The lowest BCUT2D eigenvalue weighted by molar-refractivity contribution is 0.542. The van der Waals surface area contributed by atoms with Gasteiger partial charge in [0.15, 0.2) is 0 Å². The van der Waals surface area contributed by atoms with Gasteiger partial charge in [-0.25, -0.2) is 4.79 Å². The van der Waals surface area contributed by atoms with E-state index in [1.165, 1.54) is 18.5 Å². The first-order chi connectivity index (χ1) is 5.24. The van der Waals surface area contributed by atoms with Crippen LogP contribution in [0.4, 0.5) is 0 Å². The molecule has 1 N–H and O–H groups in total. The second-order valence-corrected chi connectivity index (χ2v) is 1.88. The van der Waals surface area contributed by atoms with Gasteiger partial charge >= 0.3 is 5.69 Å². The molecule has 0 spiro atoms. The summed E-state index contributed by atoms with van der Waals surface area (Å²) < 4.78 is 1.05. The Morgan fingerprint density at radius 3 is 2.82 bits per heavy atom. The van der Waals surface area contributed by atoms with Crippen LogP contribution in [0.1, 0.15) is 0 Å². The van der Waals surface area contributed by atoms with E-state index < -0.39 is 11.2 Å². The van der Waals surface area contributed by atoms with Gasteiger partial charge in [-0.05, 0) is 0 Å². The van der Waals surface area contributed by atoms with E-state index in [1.807, 2.05) is 4.98 Å². The number of aromatic amines is 1. The Balaban J connectivity index is 3.19. The van der Waals surface area contributed by atoms with Crippen LogP contribution in [0.2, 0.25) is 0 Å². The van der Waals surface area contributed by atoms with E-state index in [1.54, 1.807) is 0 Å². The van der Waals surface area contributed by atoms with Gasteiger partial charge in [0.25, 0.3) is 5.56 Å². The van der Waals surface area contributed by atoms with E-state index in [4.69, 9.17) is 0 Å². The molecule has 0 aliphatic rings. The third-order valence-electron chi connectivity index (χ3n) is 1.13. The van der Waals surface area contributed by atoms with E-state index in [9.17, 15) is 14.4 Å². The largest absolute Gasteiger partial charge is 0.328 e. The predicted molar refractivity (Wildman–Crippen MR) is 37.0 cm³/mol. The Hall–Kier alpha value is -1.65. The Labute approximate surface area is 61.3 Å². The van der Waals surface area contributed by atoms with Gasteiger partial charge in [0.05, 0.1) is 6.54 Å². The van der Waals surface area contributed by atoms with Crippen molar-refractivity contribution >= 4 is 6.29 Å². The van der Waals surface area contributed by atoms with Crippen molar-refractivity contribution in [2.75, 3.05) is 0 Å². The van der Waals surface area contributed by atoms with Crippen LogP contribution in [0.5, 0.6) is 0 Å². The topological polar surface area (TPSA) is 71.9 Å². The maximum atomic E-state index is 10.8. The molecule has 5 nitrogen and oxygen atoms in total. The van der Waals surface area contributed by atoms with E-state index in [0.29, 0.717) is 0 Å². The summed E-state index contributed by atoms with van der Waals surface area (Å²) in [4.78, 5) is 33.1. The van der Waals surface area contributed by atoms with Crippen molar-refractivity contribution in [3.05, 3.63) is 33.1 Å². The summed E-state index contributed by atoms with van der Waals surface area (Å²) >= 11 is 0. The van der Waals surface area contributed by atoms with Gasteiger partial charge in [0.2, 0.25) is 6.29 Å². The molecule has 0 saturated carbocycles. The van der Waals surface area contributed by atoms with Crippen LogP contribution in [0, 0.1) is 0 Å². The lowest BCUT2D eigenvalue weighted by Gasteiger charge is -1.94. The first-order valence-corrected chi connectivity index (χ1v) is 2.89. The van der Waals surface area contributed by atoms with Crippen LogP contribution >= 0.6 is 0 Å². The van der Waals surface area contributed by atoms with Crippen LogP contribution in [0.3, 0.4) is 0 Å². The van der Waals surface area contributed by atoms with E-state index in [-0.39, 0.29) is 6.54 Å². The molecule has 0 unspecified atom stereocenters. The first kappa shape index (κ1) is 7.46. The fourth-order valence-corrected chi connectivity index (χ4v) is 0.638. The van der Waals surface area contributed by atoms with Gasteiger partial charge in [-0.15, -0.1) is 0 Å². The fourth-order valence-electron chi connectivity index (χ4n) is 0.638. The van der Waals surface area contributed by atoms with Crippen molar-refractivity contribution < 1.29 is 4.79 Å². The number of hydrogen-bond acceptors (Lipinski definition) is 3. The second-order valence-electron chi connectivity index (χ2n) is 1.88. The molecule has 0 amide bonds. The van der Waals surface area contributed by atoms with Crippen molar-refractivity contribution in [3.63, 3.8) is 0 Å². The quantitative estimate of drug-likeness (QED) is 0.570. The number of hydrogen-bond donors (Lipinski definition) is 1. The minimum atomic E-state index is -0.596. The summed E-state index contributed by atoms with van der Waals surface area (Å²) in [5.74, 6) is 0. The molecule has 0 aliphatic heterocycles. The number of H-pyrrole nitrogens is 1. The van der Waals surface area contributed by atoms with E-state index >= 15 is 0 Å². The molecule has 5 heteroatoms. The molecule has 0 saturated heterocycles. The normalized spacial score (nSPS) is 9.45. The molecule has 0 fully saturated rings.